The molecule has 25 heavy (non-hydrogen) atoms. The van der Waals surface area contributed by atoms with E-state index in [1.54, 1.807) is 42.5 Å². The minimum Gasteiger partial charge on any atom is -0.492 e. The number of ether oxygens (including phenoxy) is 2. The zero-order chi connectivity index (χ0) is 18.2. The average Bonchev–Trinajstić information content (AvgIpc) is 2.61. The lowest BCUT2D eigenvalue weighted by Gasteiger charge is -2.11. The molecule has 0 saturated heterocycles. The van der Waals surface area contributed by atoms with Crippen LogP contribution >= 0.6 is 11.6 Å². The van der Waals surface area contributed by atoms with Gasteiger partial charge in [0, 0.05) is 10.7 Å². The van der Waals surface area contributed by atoms with Crippen LogP contribution in [-0.2, 0) is 4.74 Å². The van der Waals surface area contributed by atoms with Crippen molar-refractivity contribution in [3.05, 3.63) is 58.6 Å². The Bertz CT molecular complexity index is 747. The lowest BCUT2D eigenvalue weighted by Crippen LogP contribution is -2.32. The van der Waals surface area contributed by atoms with Crippen molar-refractivity contribution >= 4 is 29.3 Å². The predicted octanol–water partition coefficient (Wildman–Crippen LogP) is 3.64. The highest BCUT2D eigenvalue weighted by molar-refractivity contribution is 6.30. The Balaban J connectivity index is 1.81. The van der Waals surface area contributed by atoms with E-state index in [0.29, 0.717) is 35.2 Å². The number of hydrogen-bond acceptors (Lipinski definition) is 4. The number of benzene rings is 2. The molecule has 6 nitrogen and oxygen atoms in total. The number of amides is 2. The zero-order valence-corrected chi connectivity index (χ0v) is 14.7. The van der Waals surface area contributed by atoms with E-state index in [2.05, 4.69) is 15.4 Å². The summed E-state index contributed by atoms with van der Waals surface area (Å²) in [7, 11) is 1.31. The average molecular weight is 363 g/mol. The van der Waals surface area contributed by atoms with Gasteiger partial charge >= 0.3 is 12.0 Å². The number of nitrogens with one attached hydrogen (secondary N) is 2. The van der Waals surface area contributed by atoms with E-state index in [1.807, 2.05) is 6.92 Å². The van der Waals surface area contributed by atoms with Gasteiger partial charge < -0.3 is 20.1 Å². The molecule has 0 aliphatic carbocycles. The summed E-state index contributed by atoms with van der Waals surface area (Å²) in [6.07, 6.45) is 0. The highest BCUT2D eigenvalue weighted by Crippen LogP contribution is 2.17. The Labute approximate surface area is 151 Å². The van der Waals surface area contributed by atoms with Crippen LogP contribution in [-0.4, -0.2) is 32.3 Å². The van der Waals surface area contributed by atoms with Gasteiger partial charge in [0.25, 0.3) is 0 Å². The molecule has 0 radical (unpaired) electrons. The van der Waals surface area contributed by atoms with Crippen LogP contribution in [0.2, 0.25) is 5.02 Å². The van der Waals surface area contributed by atoms with Crippen LogP contribution < -0.4 is 15.4 Å². The first-order valence-corrected chi connectivity index (χ1v) is 7.99. The van der Waals surface area contributed by atoms with Crippen LogP contribution in [0.4, 0.5) is 10.5 Å². The third kappa shape index (κ3) is 5.69. The largest absolute Gasteiger partial charge is 0.492 e. The summed E-state index contributed by atoms with van der Waals surface area (Å²) < 4.78 is 10.2. The molecule has 0 atom stereocenters. The van der Waals surface area contributed by atoms with Gasteiger partial charge in [-0.15, -0.1) is 0 Å². The van der Waals surface area contributed by atoms with E-state index < -0.39 is 5.97 Å². The number of carbonyl (C=O) groups is 2. The number of hydrogen-bond donors (Lipinski definition) is 2. The smallest absolute Gasteiger partial charge is 0.337 e. The van der Waals surface area contributed by atoms with Crippen LogP contribution in [0.25, 0.3) is 0 Å². The van der Waals surface area contributed by atoms with Gasteiger partial charge in [-0.05, 0) is 48.9 Å². The minimum atomic E-state index is -0.458. The Hall–Kier alpha value is -2.73. The molecule has 0 fully saturated rings. The van der Waals surface area contributed by atoms with Crippen LogP contribution in [0.15, 0.2) is 42.5 Å². The maximum absolute atomic E-state index is 12.0. The quantitative estimate of drug-likeness (QED) is 0.607. The van der Waals surface area contributed by atoms with Crippen molar-refractivity contribution < 1.29 is 19.1 Å². The second kappa shape index (κ2) is 8.94. The molecule has 0 unspecified atom stereocenters. The molecule has 2 aromatic carbocycles. The van der Waals surface area contributed by atoms with Crippen LogP contribution in [0.1, 0.15) is 15.9 Å². The Morgan fingerprint density at radius 1 is 1.12 bits per heavy atom. The van der Waals surface area contributed by atoms with Crippen molar-refractivity contribution in [3.63, 3.8) is 0 Å². The maximum Gasteiger partial charge on any atom is 0.337 e. The SMILES string of the molecule is COC(=O)c1ccc(C)c(NC(=O)NCCOc2ccc(Cl)cc2)c1. The first-order valence-electron chi connectivity index (χ1n) is 7.62. The molecule has 7 heteroatoms. The molecule has 0 heterocycles. The number of anilines is 1. The van der Waals surface area contributed by atoms with Gasteiger partial charge in [0.1, 0.15) is 12.4 Å². The maximum atomic E-state index is 12.0. The van der Waals surface area contributed by atoms with Gasteiger partial charge in [0.15, 0.2) is 0 Å². The number of urea groups is 1. The second-order valence-electron chi connectivity index (χ2n) is 5.20. The minimum absolute atomic E-state index is 0.316. The van der Waals surface area contributed by atoms with Crippen LogP contribution in [0.5, 0.6) is 5.75 Å². The molecular formula is C18H19ClN2O4. The number of halogens is 1. The highest BCUT2D eigenvalue weighted by atomic mass is 35.5. The molecule has 0 aliphatic rings. The number of methoxy groups -OCH3 is 1. The molecule has 0 aromatic heterocycles. The first kappa shape index (κ1) is 18.6. The first-order chi connectivity index (χ1) is 12.0. The highest BCUT2D eigenvalue weighted by Gasteiger charge is 2.10. The molecule has 0 saturated carbocycles. The van der Waals surface area contributed by atoms with Gasteiger partial charge in [-0.1, -0.05) is 17.7 Å². The van der Waals surface area contributed by atoms with E-state index >= 15 is 0 Å². The van der Waals surface area contributed by atoms with Crippen molar-refractivity contribution in [2.24, 2.45) is 0 Å². The van der Waals surface area contributed by atoms with E-state index in [9.17, 15) is 9.59 Å². The Morgan fingerprint density at radius 2 is 1.84 bits per heavy atom. The summed E-state index contributed by atoms with van der Waals surface area (Å²) in [6, 6.07) is 11.5. The Morgan fingerprint density at radius 3 is 2.52 bits per heavy atom. The molecule has 2 aromatic rings. The lowest BCUT2D eigenvalue weighted by molar-refractivity contribution is 0.0600. The summed E-state index contributed by atoms with van der Waals surface area (Å²) >= 11 is 5.79. The topological polar surface area (TPSA) is 76.7 Å². The summed E-state index contributed by atoms with van der Waals surface area (Å²) in [5, 5.41) is 6.02. The summed E-state index contributed by atoms with van der Waals surface area (Å²) in [4.78, 5) is 23.5. The standard InChI is InChI=1S/C18H19ClN2O4/c1-12-3-4-13(17(22)24-2)11-16(12)21-18(23)20-9-10-25-15-7-5-14(19)6-8-15/h3-8,11H,9-10H2,1-2H3,(H2,20,21,23). The fourth-order valence-corrected chi connectivity index (χ4v) is 2.16. The van der Waals surface area contributed by atoms with E-state index in [0.717, 1.165) is 5.56 Å². The zero-order valence-electron chi connectivity index (χ0n) is 14.0. The fraction of sp³-hybridized carbons (Fsp3) is 0.222. The molecule has 0 spiro atoms. The summed E-state index contributed by atoms with van der Waals surface area (Å²) in [5.41, 5.74) is 1.74. The van der Waals surface area contributed by atoms with E-state index in [1.165, 1.54) is 7.11 Å². The van der Waals surface area contributed by atoms with E-state index in [4.69, 9.17) is 16.3 Å². The van der Waals surface area contributed by atoms with Gasteiger partial charge in [0.2, 0.25) is 0 Å². The van der Waals surface area contributed by atoms with Crippen molar-refractivity contribution in [2.75, 3.05) is 25.6 Å². The number of carbonyl (C=O) groups excluding carboxylic acids is 2. The van der Waals surface area contributed by atoms with Crippen molar-refractivity contribution in [1.82, 2.24) is 5.32 Å². The third-order valence-corrected chi connectivity index (χ3v) is 3.63. The van der Waals surface area contributed by atoms with Crippen molar-refractivity contribution in [1.29, 1.82) is 0 Å². The number of esters is 1. The molecular weight excluding hydrogens is 344 g/mol. The van der Waals surface area contributed by atoms with Crippen LogP contribution in [0, 0.1) is 6.92 Å². The molecule has 2 rings (SSSR count). The molecule has 2 N–H and O–H groups in total. The van der Waals surface area contributed by atoms with E-state index in [-0.39, 0.29) is 6.03 Å². The summed E-state index contributed by atoms with van der Waals surface area (Å²) in [5.74, 6) is 0.216. The fourth-order valence-electron chi connectivity index (χ4n) is 2.03. The normalized spacial score (nSPS) is 10.0. The van der Waals surface area contributed by atoms with Crippen molar-refractivity contribution in [3.8, 4) is 5.75 Å². The number of aryl methyl sites for hydroxylation is 1. The van der Waals surface area contributed by atoms with Gasteiger partial charge in [-0.2, -0.15) is 0 Å². The summed E-state index contributed by atoms with van der Waals surface area (Å²) in [6.45, 7) is 2.47. The molecule has 132 valence electrons. The van der Waals surface area contributed by atoms with Crippen molar-refractivity contribution in [2.45, 2.75) is 6.92 Å². The van der Waals surface area contributed by atoms with Crippen LogP contribution in [0.3, 0.4) is 0 Å². The third-order valence-electron chi connectivity index (χ3n) is 3.38. The van der Waals surface area contributed by atoms with Gasteiger partial charge in [0.05, 0.1) is 19.2 Å². The van der Waals surface area contributed by atoms with Gasteiger partial charge in [-0.25, -0.2) is 9.59 Å². The monoisotopic (exact) mass is 362 g/mol. The molecule has 0 aliphatic heterocycles. The van der Waals surface area contributed by atoms with Gasteiger partial charge in [-0.3, -0.25) is 0 Å². The Kier molecular flexibility index (Phi) is 6.65. The molecule has 2 amide bonds. The predicted molar refractivity (Wildman–Crippen MR) is 96.5 cm³/mol. The second-order valence-corrected chi connectivity index (χ2v) is 5.64. The lowest BCUT2D eigenvalue weighted by atomic mass is 10.1. The number of rotatable bonds is 6. The molecule has 0 bridgehead atoms.